The molecule has 2 unspecified atom stereocenters. The van der Waals surface area contributed by atoms with Crippen LogP contribution in [0.15, 0.2) is 24.5 Å². The van der Waals surface area contributed by atoms with Gasteiger partial charge in [0.15, 0.2) is 5.82 Å². The molecule has 2 atom stereocenters. The third-order valence-corrected chi connectivity index (χ3v) is 8.34. The fourth-order valence-electron chi connectivity index (χ4n) is 6.25. The monoisotopic (exact) mass is 564 g/mol. The van der Waals surface area contributed by atoms with Gasteiger partial charge in [-0.05, 0) is 69.6 Å². The van der Waals surface area contributed by atoms with Crippen molar-refractivity contribution in [3.8, 4) is 0 Å². The predicted molar refractivity (Wildman–Crippen MR) is 143 cm³/mol. The number of carbonyl (C=O) groups is 1. The van der Waals surface area contributed by atoms with E-state index >= 15 is 0 Å². The van der Waals surface area contributed by atoms with E-state index in [4.69, 9.17) is 28.9 Å². The number of hydrogen-bond donors (Lipinski definition) is 4. The van der Waals surface area contributed by atoms with Crippen LogP contribution in [0.5, 0.6) is 0 Å². The van der Waals surface area contributed by atoms with Gasteiger partial charge in [-0.1, -0.05) is 23.2 Å². The summed E-state index contributed by atoms with van der Waals surface area (Å²) < 4.78 is 16.7. The van der Waals surface area contributed by atoms with Crippen molar-refractivity contribution in [2.45, 2.75) is 63.2 Å². The summed E-state index contributed by atoms with van der Waals surface area (Å²) in [7, 11) is 1.76. The van der Waals surface area contributed by atoms with Crippen molar-refractivity contribution in [2.24, 2.45) is 18.9 Å². The van der Waals surface area contributed by atoms with Gasteiger partial charge in [0.1, 0.15) is 22.1 Å². The molecule has 0 saturated heterocycles. The summed E-state index contributed by atoms with van der Waals surface area (Å²) in [6, 6.07) is 4.03. The Kier molecular flexibility index (Phi) is 6.74. The van der Waals surface area contributed by atoms with Crippen LogP contribution in [0.2, 0.25) is 10.0 Å². The maximum Gasteiger partial charge on any atom is 0.274 e. The highest BCUT2D eigenvalue weighted by molar-refractivity contribution is 6.33. The van der Waals surface area contributed by atoms with E-state index in [-0.39, 0.29) is 46.1 Å². The van der Waals surface area contributed by atoms with Crippen LogP contribution in [0.1, 0.15) is 67.3 Å². The Bertz CT molecular complexity index is 1380. The molecule has 2 fully saturated rings. The molecule has 2 aliphatic carbocycles. The van der Waals surface area contributed by atoms with Gasteiger partial charge < -0.3 is 25.8 Å². The van der Waals surface area contributed by atoms with Gasteiger partial charge in [-0.3, -0.25) is 9.48 Å². The maximum atomic E-state index is 13.5. The number of imidazole rings is 1. The Morgan fingerprint density at radius 3 is 2.55 bits per heavy atom. The fourth-order valence-corrected chi connectivity index (χ4v) is 6.74. The summed E-state index contributed by atoms with van der Waals surface area (Å²) in [5.74, 6) is -0.386. The summed E-state index contributed by atoms with van der Waals surface area (Å²) in [5.41, 5.74) is 5.67. The average molecular weight is 565 g/mol. The molecule has 2 aromatic heterocycles. The maximum absolute atomic E-state index is 13.5. The van der Waals surface area contributed by atoms with E-state index in [1.807, 2.05) is 0 Å². The zero-order valence-corrected chi connectivity index (χ0v) is 22.9. The van der Waals surface area contributed by atoms with Crippen molar-refractivity contribution in [1.29, 1.82) is 0 Å². The highest BCUT2D eigenvalue weighted by Crippen LogP contribution is 2.58. The Hall–Kier alpha value is -2.66. The molecule has 2 aliphatic rings. The fraction of sp³-hybridized carbons (Fsp3) is 0.500. The van der Waals surface area contributed by atoms with Crippen molar-refractivity contribution in [3.05, 3.63) is 57.5 Å². The highest BCUT2D eigenvalue weighted by atomic mass is 35.5. The van der Waals surface area contributed by atoms with E-state index in [9.17, 15) is 19.4 Å². The molecule has 5 rings (SSSR count). The molecule has 204 valence electrons. The second-order valence-corrected chi connectivity index (χ2v) is 12.1. The lowest BCUT2D eigenvalue weighted by Gasteiger charge is -2.28. The van der Waals surface area contributed by atoms with Gasteiger partial charge in [-0.25, -0.2) is 9.37 Å². The predicted octanol–water partition coefficient (Wildman–Crippen LogP) is 4.46. The average Bonchev–Trinajstić information content (AvgIpc) is 3.51. The number of aliphatic hydroxyl groups is 2. The van der Waals surface area contributed by atoms with Crippen LogP contribution in [0, 0.1) is 17.7 Å². The number of rotatable bonds is 6. The lowest BCUT2D eigenvalue weighted by atomic mass is 9.89. The van der Waals surface area contributed by atoms with Crippen LogP contribution < -0.4 is 11.1 Å². The Morgan fingerprint density at radius 1 is 1.29 bits per heavy atom. The molecular weight excluding hydrogens is 534 g/mol. The van der Waals surface area contributed by atoms with Gasteiger partial charge in [-0.15, -0.1) is 0 Å². The van der Waals surface area contributed by atoms with Crippen molar-refractivity contribution < 1.29 is 19.4 Å². The zero-order valence-electron chi connectivity index (χ0n) is 21.4. The number of halogens is 3. The minimum atomic E-state index is -1.22. The number of carbonyl (C=O) groups excluding carboxylic acids is 1. The molecule has 12 heteroatoms. The van der Waals surface area contributed by atoms with E-state index in [1.165, 1.54) is 22.9 Å². The minimum Gasteiger partial charge on any atom is -0.389 e. The first-order chi connectivity index (χ1) is 17.8. The molecule has 0 spiro atoms. The number of hydrogen-bond acceptors (Lipinski definition) is 6. The van der Waals surface area contributed by atoms with Crippen molar-refractivity contribution in [3.63, 3.8) is 0 Å². The lowest BCUT2D eigenvalue weighted by Crippen LogP contribution is -2.33. The molecule has 3 aromatic rings. The Balaban J connectivity index is 1.34. The molecule has 2 saturated carbocycles. The van der Waals surface area contributed by atoms with E-state index in [1.54, 1.807) is 31.8 Å². The summed E-state index contributed by atoms with van der Waals surface area (Å²) in [4.78, 5) is 17.8. The number of nitrogens with zero attached hydrogens (tertiary/aromatic N) is 4. The van der Waals surface area contributed by atoms with E-state index < -0.39 is 17.0 Å². The first-order valence-electron chi connectivity index (χ1n) is 12.5. The van der Waals surface area contributed by atoms with Gasteiger partial charge >= 0.3 is 0 Å². The third kappa shape index (κ3) is 4.90. The Labute approximate surface area is 229 Å². The number of nitrogen functional groups attached to an aromatic ring is 1. The number of amides is 1. The molecule has 0 bridgehead atoms. The van der Waals surface area contributed by atoms with Gasteiger partial charge in [0.25, 0.3) is 5.91 Å². The van der Waals surface area contributed by atoms with Crippen LogP contribution in [0.3, 0.4) is 0 Å². The summed E-state index contributed by atoms with van der Waals surface area (Å²) in [5, 5.41) is 29.3. The van der Waals surface area contributed by atoms with Crippen LogP contribution in [0.25, 0.3) is 0 Å². The molecule has 5 N–H and O–H groups in total. The number of anilines is 2. The number of fused-ring (bicyclic) bond motifs is 1. The highest BCUT2D eigenvalue weighted by Gasteiger charge is 2.53. The molecule has 2 heterocycles. The van der Waals surface area contributed by atoms with Crippen LogP contribution in [0.4, 0.5) is 15.9 Å². The van der Waals surface area contributed by atoms with Gasteiger partial charge in [0.05, 0.1) is 34.9 Å². The number of aryl methyl sites for hydroxylation is 1. The lowest BCUT2D eigenvalue weighted by molar-refractivity contribution is 0.0145. The largest absolute Gasteiger partial charge is 0.389 e. The molecule has 0 radical (unpaired) electrons. The minimum absolute atomic E-state index is 0.0372. The quantitative estimate of drug-likeness (QED) is 0.349. The Morgan fingerprint density at radius 2 is 1.95 bits per heavy atom. The zero-order chi connectivity index (χ0) is 27.6. The molecule has 0 aliphatic heterocycles. The number of nitrogens with one attached hydrogen (secondary N) is 1. The summed E-state index contributed by atoms with van der Waals surface area (Å²) >= 11 is 12.4. The van der Waals surface area contributed by atoms with Crippen molar-refractivity contribution >= 4 is 40.6 Å². The number of benzene rings is 1. The number of aromatic nitrogens is 4. The van der Waals surface area contributed by atoms with E-state index in [0.717, 1.165) is 12.8 Å². The molecular formula is C26H31Cl2FN6O3. The second-order valence-electron chi connectivity index (χ2n) is 11.3. The smallest absolute Gasteiger partial charge is 0.274 e. The van der Waals surface area contributed by atoms with Crippen molar-refractivity contribution in [2.75, 3.05) is 11.1 Å². The van der Waals surface area contributed by atoms with Crippen LogP contribution >= 0.6 is 23.2 Å². The van der Waals surface area contributed by atoms with Gasteiger partial charge in [0, 0.05) is 18.7 Å². The first kappa shape index (κ1) is 26.9. The topological polar surface area (TPSA) is 131 Å². The van der Waals surface area contributed by atoms with Crippen LogP contribution in [-0.4, -0.2) is 41.1 Å². The SMILES string of the molecule is Cn1cnc(C2CC3CC(O)(c4c(Cl)c(N)nn4CC(C)(C)O)CC3C2)c1C(=O)Nc1ccc(F)c(Cl)c1. The standard InChI is InChI=1S/C26H31Cl2FN6O3/c1-25(2,37)11-35-22(19(28)23(30)33-35)26(38)9-14-6-13(7-15(14)10-26)20-21(34(3)12-31-20)24(36)32-16-4-5-18(29)17(27)8-16/h4-5,8,12-15,37-38H,6-7,9-11H2,1-3H3,(H2,30,33)(H,32,36). The van der Waals surface area contributed by atoms with E-state index in [0.29, 0.717) is 35.6 Å². The van der Waals surface area contributed by atoms with Gasteiger partial charge in [-0.2, -0.15) is 5.10 Å². The number of nitrogens with two attached hydrogens (primary N) is 1. The molecule has 1 amide bonds. The first-order valence-corrected chi connectivity index (χ1v) is 13.3. The summed E-state index contributed by atoms with van der Waals surface area (Å²) in [6.07, 6.45) is 4.05. The van der Waals surface area contributed by atoms with E-state index in [2.05, 4.69) is 15.4 Å². The molecule has 9 nitrogen and oxygen atoms in total. The third-order valence-electron chi connectivity index (χ3n) is 7.68. The van der Waals surface area contributed by atoms with Gasteiger partial charge in [0.2, 0.25) is 0 Å². The second kappa shape index (κ2) is 9.51. The van der Waals surface area contributed by atoms with Crippen molar-refractivity contribution in [1.82, 2.24) is 19.3 Å². The molecule has 1 aromatic carbocycles. The normalized spacial score (nSPS) is 25.1. The molecule has 38 heavy (non-hydrogen) atoms. The summed E-state index contributed by atoms with van der Waals surface area (Å²) in [6.45, 7) is 3.46. The van der Waals surface area contributed by atoms with Crippen LogP contribution in [-0.2, 0) is 19.2 Å².